The molecule has 1 aliphatic rings. The molecule has 1 fully saturated rings. The molecule has 3 atom stereocenters. The average Bonchev–Trinajstić information content (AvgIpc) is 2.94. The van der Waals surface area contributed by atoms with Gasteiger partial charge in [-0.1, -0.05) is 60.7 Å². The number of piperazine rings is 1. The predicted octanol–water partition coefficient (Wildman–Crippen LogP) is 6.22. The van der Waals surface area contributed by atoms with E-state index >= 15 is 0 Å². The van der Waals surface area contributed by atoms with Crippen LogP contribution in [0.2, 0.25) is 0 Å². The number of alkyl halides is 6. The number of nitrogens with zero attached hydrogens (tertiary/aromatic N) is 2. The molecular weight excluding hydrogens is 536 g/mol. The zero-order chi connectivity index (χ0) is 28.9. The highest BCUT2D eigenvalue weighted by Gasteiger charge is 2.57. The first kappa shape index (κ1) is 29.5. The van der Waals surface area contributed by atoms with Gasteiger partial charge in [-0.3, -0.25) is 4.90 Å². The molecule has 5 nitrogen and oxygen atoms in total. The van der Waals surface area contributed by atoms with Crippen LogP contribution >= 0.6 is 0 Å². The highest BCUT2D eigenvalue weighted by Crippen LogP contribution is 2.45. The molecule has 3 aromatic carbocycles. The van der Waals surface area contributed by atoms with Crippen LogP contribution in [-0.4, -0.2) is 63.2 Å². The summed E-state index contributed by atoms with van der Waals surface area (Å²) in [6.07, 6.45) is -9.93. The monoisotopic (exact) mass is 567 g/mol. The molecule has 40 heavy (non-hydrogen) atoms. The van der Waals surface area contributed by atoms with E-state index in [1.54, 1.807) is 30.3 Å². The Morgan fingerprint density at radius 1 is 0.800 bits per heavy atom. The molecule has 0 spiro atoms. The summed E-state index contributed by atoms with van der Waals surface area (Å²) in [6.45, 7) is -0.770. The minimum absolute atomic E-state index is 0.138. The van der Waals surface area contributed by atoms with E-state index in [4.69, 9.17) is 9.47 Å². The molecule has 0 aliphatic carbocycles. The second-order valence-corrected chi connectivity index (χ2v) is 9.56. The fourth-order valence-corrected chi connectivity index (χ4v) is 5.10. The van der Waals surface area contributed by atoms with Gasteiger partial charge in [-0.05, 0) is 23.3 Å². The predicted molar refractivity (Wildman–Crippen MR) is 141 cm³/mol. The number of halogens is 6. The van der Waals surface area contributed by atoms with Crippen molar-refractivity contribution in [2.45, 2.75) is 37.0 Å². The molecule has 11 heteroatoms. The molecule has 1 aliphatic heterocycles. The number of nitrogens with one attached hydrogen (secondary N) is 1. The van der Waals surface area contributed by atoms with Crippen molar-refractivity contribution in [3.63, 3.8) is 0 Å². The molecule has 0 amide bonds. The zero-order valence-electron chi connectivity index (χ0n) is 22.0. The fraction of sp³-hybridized carbons (Fsp3) is 0.379. The maximum atomic E-state index is 14.6. The summed E-state index contributed by atoms with van der Waals surface area (Å²) < 4.78 is 98.0. The summed E-state index contributed by atoms with van der Waals surface area (Å²) in [5.74, 6) is 0.112. The van der Waals surface area contributed by atoms with Gasteiger partial charge in [-0.25, -0.2) is 0 Å². The lowest BCUT2D eigenvalue weighted by atomic mass is 9.97. The first-order chi connectivity index (χ1) is 19.0. The smallest absolute Gasteiger partial charge is 0.410 e. The number of ether oxygens (including phenoxy) is 2. The van der Waals surface area contributed by atoms with Crippen molar-refractivity contribution in [1.82, 2.24) is 10.2 Å². The van der Waals surface area contributed by atoms with Crippen molar-refractivity contribution < 1.29 is 35.8 Å². The van der Waals surface area contributed by atoms with E-state index in [0.717, 1.165) is 5.56 Å². The van der Waals surface area contributed by atoms with Gasteiger partial charge in [0.05, 0.1) is 19.9 Å². The summed E-state index contributed by atoms with van der Waals surface area (Å²) in [7, 11) is 2.55. The lowest BCUT2D eigenvalue weighted by Gasteiger charge is -2.50. The van der Waals surface area contributed by atoms with Crippen LogP contribution in [0.15, 0.2) is 78.9 Å². The van der Waals surface area contributed by atoms with Gasteiger partial charge < -0.3 is 19.7 Å². The maximum absolute atomic E-state index is 14.6. The minimum Gasteiger partial charge on any atom is -0.497 e. The Bertz CT molecular complexity index is 1200. The molecule has 4 rings (SSSR count). The van der Waals surface area contributed by atoms with Crippen molar-refractivity contribution in [2.24, 2.45) is 0 Å². The second kappa shape index (κ2) is 12.4. The SMILES string of the molecule is COc1ccc(N2C(C(F)(F)F)CN(C(CNCc3ccccc3)c3ccccc3)CC2C(F)(F)F)c(OC)c1. The number of anilines is 1. The van der Waals surface area contributed by atoms with E-state index in [1.165, 1.54) is 37.3 Å². The molecule has 3 aromatic rings. The van der Waals surface area contributed by atoms with Crippen molar-refractivity contribution in [2.75, 3.05) is 38.8 Å². The molecule has 0 aromatic heterocycles. The van der Waals surface area contributed by atoms with Crippen LogP contribution in [0.4, 0.5) is 32.0 Å². The molecule has 0 saturated carbocycles. The summed E-state index contributed by atoms with van der Waals surface area (Å²) in [4.78, 5) is 1.70. The van der Waals surface area contributed by atoms with E-state index in [1.807, 2.05) is 30.3 Å². The average molecular weight is 568 g/mol. The van der Waals surface area contributed by atoms with E-state index in [-0.39, 0.29) is 23.7 Å². The van der Waals surface area contributed by atoms with Gasteiger partial charge >= 0.3 is 12.4 Å². The molecule has 1 saturated heterocycles. The Hall–Kier alpha value is -3.44. The van der Waals surface area contributed by atoms with Gasteiger partial charge in [0.15, 0.2) is 0 Å². The molecule has 1 heterocycles. The maximum Gasteiger partial charge on any atom is 0.410 e. The van der Waals surface area contributed by atoms with Gasteiger partial charge in [0, 0.05) is 38.3 Å². The van der Waals surface area contributed by atoms with Crippen LogP contribution in [-0.2, 0) is 6.54 Å². The highest BCUT2D eigenvalue weighted by atomic mass is 19.4. The Kier molecular flexibility index (Phi) is 9.15. The van der Waals surface area contributed by atoms with Crippen molar-refractivity contribution in [3.8, 4) is 11.5 Å². The highest BCUT2D eigenvalue weighted by molar-refractivity contribution is 5.63. The van der Waals surface area contributed by atoms with Crippen LogP contribution in [0, 0.1) is 0 Å². The zero-order valence-corrected chi connectivity index (χ0v) is 22.0. The first-order valence-corrected chi connectivity index (χ1v) is 12.7. The minimum atomic E-state index is -4.97. The van der Waals surface area contributed by atoms with Gasteiger partial charge in [0.1, 0.15) is 23.6 Å². The standard InChI is InChI=1S/C29H31F6N3O2/c1-39-22-13-14-23(25(15-22)40-2)38-26(28(30,31)32)18-37(19-27(38)29(33,34)35)24(21-11-7-4-8-12-21)17-36-16-20-9-5-3-6-10-20/h3-15,24,26-27,36H,16-19H2,1-2H3. The molecule has 0 bridgehead atoms. The largest absolute Gasteiger partial charge is 0.497 e. The van der Waals surface area contributed by atoms with E-state index < -0.39 is 43.6 Å². The number of benzene rings is 3. The molecular formula is C29H31F6N3O2. The van der Waals surface area contributed by atoms with Crippen LogP contribution in [0.5, 0.6) is 11.5 Å². The van der Waals surface area contributed by atoms with Crippen LogP contribution in [0.25, 0.3) is 0 Å². The van der Waals surface area contributed by atoms with Gasteiger partial charge in [0.2, 0.25) is 0 Å². The molecule has 0 radical (unpaired) electrons. The summed E-state index contributed by atoms with van der Waals surface area (Å²) in [5.41, 5.74) is 1.28. The molecule has 1 N–H and O–H groups in total. The van der Waals surface area contributed by atoms with Gasteiger partial charge in [0.25, 0.3) is 0 Å². The Morgan fingerprint density at radius 2 is 1.38 bits per heavy atom. The summed E-state index contributed by atoms with van der Waals surface area (Å²) in [6, 6.07) is 16.2. The van der Waals surface area contributed by atoms with Crippen LogP contribution in [0.3, 0.4) is 0 Å². The number of hydrogen-bond acceptors (Lipinski definition) is 5. The Morgan fingerprint density at radius 3 is 1.90 bits per heavy atom. The number of methoxy groups -OCH3 is 2. The first-order valence-electron chi connectivity index (χ1n) is 12.7. The fourth-order valence-electron chi connectivity index (χ4n) is 5.10. The third-order valence-corrected chi connectivity index (χ3v) is 7.04. The van der Waals surface area contributed by atoms with Gasteiger partial charge in [-0.2, -0.15) is 26.3 Å². The molecule has 216 valence electrons. The van der Waals surface area contributed by atoms with Crippen molar-refractivity contribution >= 4 is 5.69 Å². The third-order valence-electron chi connectivity index (χ3n) is 7.04. The lowest BCUT2D eigenvalue weighted by Crippen LogP contribution is -2.68. The quantitative estimate of drug-likeness (QED) is 0.311. The Balaban J connectivity index is 1.72. The van der Waals surface area contributed by atoms with Crippen molar-refractivity contribution in [1.29, 1.82) is 0 Å². The summed E-state index contributed by atoms with van der Waals surface area (Å²) in [5, 5.41) is 3.23. The normalized spacial score (nSPS) is 19.4. The van der Waals surface area contributed by atoms with E-state index in [0.29, 0.717) is 17.0 Å². The second-order valence-electron chi connectivity index (χ2n) is 9.56. The summed E-state index contributed by atoms with van der Waals surface area (Å²) >= 11 is 0. The van der Waals surface area contributed by atoms with Gasteiger partial charge in [-0.15, -0.1) is 0 Å². The number of rotatable bonds is 9. The molecule has 3 unspecified atom stereocenters. The van der Waals surface area contributed by atoms with E-state index in [2.05, 4.69) is 5.32 Å². The third kappa shape index (κ3) is 6.82. The Labute approximate surface area is 229 Å². The van der Waals surface area contributed by atoms with E-state index in [9.17, 15) is 26.3 Å². The van der Waals surface area contributed by atoms with Crippen LogP contribution < -0.4 is 19.7 Å². The topological polar surface area (TPSA) is 37.0 Å². The lowest BCUT2D eigenvalue weighted by molar-refractivity contribution is -0.193. The van der Waals surface area contributed by atoms with Crippen molar-refractivity contribution in [3.05, 3.63) is 90.0 Å². The van der Waals surface area contributed by atoms with Crippen LogP contribution in [0.1, 0.15) is 17.2 Å². The number of hydrogen-bond donors (Lipinski definition) is 1.